The highest BCUT2D eigenvalue weighted by atomic mass is 35.5. The Labute approximate surface area is 137 Å². The van der Waals surface area contributed by atoms with Gasteiger partial charge in [-0.2, -0.15) is 5.10 Å². The molecule has 1 heterocycles. The molecule has 0 radical (unpaired) electrons. The van der Waals surface area contributed by atoms with Crippen LogP contribution in [0.5, 0.6) is 0 Å². The van der Waals surface area contributed by atoms with Crippen LogP contribution >= 0.6 is 23.2 Å². The number of halogens is 3. The summed E-state index contributed by atoms with van der Waals surface area (Å²) >= 11 is 11.5. The van der Waals surface area contributed by atoms with Crippen LogP contribution in [-0.2, 0) is 20.1 Å². The average Bonchev–Trinajstić information content (AvgIpc) is 2.86. The lowest BCUT2D eigenvalue weighted by molar-refractivity contribution is 0.205. The van der Waals surface area contributed by atoms with E-state index in [9.17, 15) is 9.18 Å². The molecule has 8 heteroatoms. The molecule has 5 nitrogen and oxygen atoms in total. The van der Waals surface area contributed by atoms with Crippen LogP contribution < -0.4 is 5.32 Å². The molecule has 2 aromatic rings. The predicted molar refractivity (Wildman–Crippen MR) is 83.3 cm³/mol. The number of carbonyl (C=O) groups excluding carboxylic acids is 1. The third-order valence-corrected chi connectivity index (χ3v) is 3.51. The lowest BCUT2D eigenvalue weighted by Gasteiger charge is -2.17. The molecule has 0 aliphatic carbocycles. The largest absolute Gasteiger partial charge is 0.334 e. The topological polar surface area (TPSA) is 50.2 Å². The molecule has 0 aliphatic rings. The van der Waals surface area contributed by atoms with Gasteiger partial charge in [0.25, 0.3) is 0 Å². The van der Waals surface area contributed by atoms with E-state index in [1.807, 2.05) is 6.07 Å². The monoisotopic (exact) mass is 344 g/mol. The second kappa shape index (κ2) is 6.98. The first-order chi connectivity index (χ1) is 10.4. The van der Waals surface area contributed by atoms with E-state index in [0.29, 0.717) is 11.6 Å². The Balaban J connectivity index is 1.95. The molecule has 2 rings (SSSR count). The number of rotatable bonds is 4. The third-order valence-electron chi connectivity index (χ3n) is 3.01. The fraction of sp³-hybridized carbons (Fsp3) is 0.286. The third kappa shape index (κ3) is 4.11. The van der Waals surface area contributed by atoms with Crippen LogP contribution in [0, 0.1) is 5.82 Å². The van der Waals surface area contributed by atoms with Crippen molar-refractivity contribution in [2.24, 2.45) is 7.05 Å². The molecule has 0 spiro atoms. The molecule has 0 saturated carbocycles. The number of carbonyl (C=O) groups is 1. The van der Waals surface area contributed by atoms with Crippen molar-refractivity contribution in [2.75, 3.05) is 7.05 Å². The highest BCUT2D eigenvalue weighted by Gasteiger charge is 2.13. The van der Waals surface area contributed by atoms with Crippen molar-refractivity contribution in [2.45, 2.75) is 13.1 Å². The van der Waals surface area contributed by atoms with Gasteiger partial charge in [-0.15, -0.1) is 0 Å². The van der Waals surface area contributed by atoms with Gasteiger partial charge in [-0.3, -0.25) is 4.68 Å². The Kier molecular flexibility index (Phi) is 5.26. The fourth-order valence-electron chi connectivity index (χ4n) is 1.91. The SMILES string of the molecule is CN(Cc1ccn(C)n1)C(=O)NCc1cc(Cl)cc(Cl)c1F. The summed E-state index contributed by atoms with van der Waals surface area (Å²) in [6.45, 7) is 0.350. The zero-order valence-electron chi connectivity index (χ0n) is 12.1. The molecular formula is C14H15Cl2FN4O. The van der Waals surface area contributed by atoms with Crippen LogP contribution in [0.2, 0.25) is 10.0 Å². The summed E-state index contributed by atoms with van der Waals surface area (Å²) in [5.41, 5.74) is 0.995. The van der Waals surface area contributed by atoms with E-state index in [1.165, 1.54) is 17.0 Å². The number of nitrogens with zero attached hydrogens (tertiary/aromatic N) is 3. The maximum Gasteiger partial charge on any atom is 0.317 e. The maximum absolute atomic E-state index is 13.8. The van der Waals surface area contributed by atoms with Crippen LogP contribution in [0.15, 0.2) is 24.4 Å². The number of aromatic nitrogens is 2. The van der Waals surface area contributed by atoms with Gasteiger partial charge in [-0.1, -0.05) is 23.2 Å². The molecule has 22 heavy (non-hydrogen) atoms. The van der Waals surface area contributed by atoms with Gasteiger partial charge < -0.3 is 10.2 Å². The van der Waals surface area contributed by atoms with Gasteiger partial charge in [0.15, 0.2) is 0 Å². The summed E-state index contributed by atoms with van der Waals surface area (Å²) in [6.07, 6.45) is 1.80. The zero-order valence-corrected chi connectivity index (χ0v) is 13.6. The van der Waals surface area contributed by atoms with Crippen LogP contribution in [0.3, 0.4) is 0 Å². The second-order valence-electron chi connectivity index (χ2n) is 4.86. The quantitative estimate of drug-likeness (QED) is 0.865. The maximum atomic E-state index is 13.8. The van der Waals surface area contributed by atoms with E-state index >= 15 is 0 Å². The zero-order chi connectivity index (χ0) is 16.3. The van der Waals surface area contributed by atoms with Crippen molar-refractivity contribution in [3.8, 4) is 0 Å². The fourth-order valence-corrected chi connectivity index (χ4v) is 2.44. The van der Waals surface area contributed by atoms with E-state index in [0.717, 1.165) is 5.69 Å². The van der Waals surface area contributed by atoms with Crippen molar-refractivity contribution >= 4 is 29.2 Å². The lowest BCUT2D eigenvalue weighted by Crippen LogP contribution is -2.36. The molecule has 0 fully saturated rings. The Morgan fingerprint density at radius 1 is 1.45 bits per heavy atom. The number of aryl methyl sites for hydroxylation is 1. The summed E-state index contributed by atoms with van der Waals surface area (Å²) in [7, 11) is 3.43. The molecular weight excluding hydrogens is 330 g/mol. The van der Waals surface area contributed by atoms with Gasteiger partial charge in [0.1, 0.15) is 5.82 Å². The van der Waals surface area contributed by atoms with Gasteiger partial charge in [0.05, 0.1) is 17.3 Å². The van der Waals surface area contributed by atoms with E-state index in [4.69, 9.17) is 23.2 Å². The first kappa shape index (κ1) is 16.6. The Bertz CT molecular complexity index is 689. The molecule has 0 saturated heterocycles. The van der Waals surface area contributed by atoms with Crippen molar-refractivity contribution in [3.05, 3.63) is 51.5 Å². The smallest absolute Gasteiger partial charge is 0.317 e. The van der Waals surface area contributed by atoms with Gasteiger partial charge in [0, 0.05) is 37.4 Å². The number of hydrogen-bond donors (Lipinski definition) is 1. The molecule has 0 aliphatic heterocycles. The molecule has 1 aromatic heterocycles. The first-order valence-electron chi connectivity index (χ1n) is 6.47. The average molecular weight is 345 g/mol. The summed E-state index contributed by atoms with van der Waals surface area (Å²) < 4.78 is 15.5. The summed E-state index contributed by atoms with van der Waals surface area (Å²) in [5.74, 6) is -0.584. The lowest BCUT2D eigenvalue weighted by atomic mass is 10.2. The molecule has 118 valence electrons. The minimum absolute atomic E-state index is 0.00248. The van der Waals surface area contributed by atoms with E-state index < -0.39 is 5.82 Å². The number of benzene rings is 1. The number of hydrogen-bond acceptors (Lipinski definition) is 2. The van der Waals surface area contributed by atoms with E-state index in [1.54, 1.807) is 25.0 Å². The number of nitrogens with one attached hydrogen (secondary N) is 1. The van der Waals surface area contributed by atoms with Crippen molar-refractivity contribution in [3.63, 3.8) is 0 Å². The minimum Gasteiger partial charge on any atom is -0.334 e. The summed E-state index contributed by atoms with van der Waals surface area (Å²) in [6, 6.07) is 4.22. The molecule has 0 atom stereocenters. The Morgan fingerprint density at radius 2 is 2.18 bits per heavy atom. The second-order valence-corrected chi connectivity index (χ2v) is 5.70. The summed E-state index contributed by atoms with van der Waals surface area (Å²) in [4.78, 5) is 13.5. The van der Waals surface area contributed by atoms with Gasteiger partial charge in [-0.25, -0.2) is 9.18 Å². The first-order valence-corrected chi connectivity index (χ1v) is 7.23. The Morgan fingerprint density at radius 3 is 2.82 bits per heavy atom. The van der Waals surface area contributed by atoms with Gasteiger partial charge >= 0.3 is 6.03 Å². The molecule has 0 bridgehead atoms. The molecule has 1 aromatic carbocycles. The number of urea groups is 1. The summed E-state index contributed by atoms with van der Waals surface area (Å²) in [5, 5.41) is 7.05. The van der Waals surface area contributed by atoms with Crippen molar-refractivity contribution in [1.82, 2.24) is 20.0 Å². The number of amides is 2. The Hall–Kier alpha value is -1.79. The van der Waals surface area contributed by atoms with E-state index in [-0.39, 0.29) is 23.2 Å². The van der Waals surface area contributed by atoms with Gasteiger partial charge in [-0.05, 0) is 18.2 Å². The van der Waals surface area contributed by atoms with E-state index in [2.05, 4.69) is 10.4 Å². The molecule has 2 amide bonds. The van der Waals surface area contributed by atoms with Crippen LogP contribution in [0.1, 0.15) is 11.3 Å². The minimum atomic E-state index is -0.584. The van der Waals surface area contributed by atoms with Crippen LogP contribution in [0.4, 0.5) is 9.18 Å². The van der Waals surface area contributed by atoms with Crippen molar-refractivity contribution in [1.29, 1.82) is 0 Å². The van der Waals surface area contributed by atoms with Gasteiger partial charge in [0.2, 0.25) is 0 Å². The highest BCUT2D eigenvalue weighted by Crippen LogP contribution is 2.23. The molecule has 0 unspecified atom stereocenters. The van der Waals surface area contributed by atoms with Crippen LogP contribution in [0.25, 0.3) is 0 Å². The standard InChI is InChI=1S/C14H15Cl2FN4O/c1-20(8-11-3-4-21(2)19-11)14(22)18-7-9-5-10(15)6-12(16)13(9)17/h3-6H,7-8H2,1-2H3,(H,18,22). The molecule has 1 N–H and O–H groups in total. The highest BCUT2D eigenvalue weighted by molar-refractivity contribution is 6.34. The van der Waals surface area contributed by atoms with Crippen LogP contribution in [-0.4, -0.2) is 27.8 Å². The van der Waals surface area contributed by atoms with Crippen molar-refractivity contribution < 1.29 is 9.18 Å². The predicted octanol–water partition coefficient (Wildman–Crippen LogP) is 3.21. The normalized spacial score (nSPS) is 10.6.